The van der Waals surface area contributed by atoms with E-state index in [0.717, 1.165) is 35.7 Å². The van der Waals surface area contributed by atoms with Gasteiger partial charge in [-0.2, -0.15) is 4.98 Å². The highest BCUT2D eigenvalue weighted by molar-refractivity contribution is 6.30. The lowest BCUT2D eigenvalue weighted by atomic mass is 10.1. The maximum absolute atomic E-state index is 5.94. The summed E-state index contributed by atoms with van der Waals surface area (Å²) in [5.41, 5.74) is 2.86. The Hall–Kier alpha value is -2.59. The smallest absolute Gasteiger partial charge is 0.225 e. The molecule has 0 bridgehead atoms. The van der Waals surface area contributed by atoms with E-state index >= 15 is 0 Å². The fourth-order valence-electron chi connectivity index (χ4n) is 2.27. The minimum Gasteiger partial charge on any atom is -0.354 e. The van der Waals surface area contributed by atoms with Crippen molar-refractivity contribution in [2.24, 2.45) is 0 Å². The molecular formula is C19H19ClN4. The summed E-state index contributed by atoms with van der Waals surface area (Å²) in [6.07, 6.45) is 1.01. The Morgan fingerprint density at radius 1 is 0.958 bits per heavy atom. The summed E-state index contributed by atoms with van der Waals surface area (Å²) in [7, 11) is 0. The molecule has 24 heavy (non-hydrogen) atoms. The van der Waals surface area contributed by atoms with Crippen molar-refractivity contribution >= 4 is 29.1 Å². The summed E-state index contributed by atoms with van der Waals surface area (Å²) in [5.74, 6) is 1.36. The van der Waals surface area contributed by atoms with Gasteiger partial charge in [0.1, 0.15) is 5.82 Å². The highest BCUT2D eigenvalue weighted by atomic mass is 35.5. The van der Waals surface area contributed by atoms with E-state index in [-0.39, 0.29) is 0 Å². The van der Waals surface area contributed by atoms with E-state index in [1.54, 1.807) is 0 Å². The molecule has 0 spiro atoms. The fourth-order valence-corrected chi connectivity index (χ4v) is 2.39. The van der Waals surface area contributed by atoms with Gasteiger partial charge in [0.05, 0.1) is 5.69 Å². The molecule has 0 saturated carbocycles. The van der Waals surface area contributed by atoms with Crippen molar-refractivity contribution in [3.8, 4) is 11.3 Å². The lowest BCUT2D eigenvalue weighted by Crippen LogP contribution is -2.06. The van der Waals surface area contributed by atoms with Crippen LogP contribution in [0.4, 0.5) is 17.5 Å². The largest absolute Gasteiger partial charge is 0.354 e. The van der Waals surface area contributed by atoms with Crippen molar-refractivity contribution in [2.75, 3.05) is 17.2 Å². The summed E-state index contributed by atoms with van der Waals surface area (Å²) >= 11 is 5.94. The van der Waals surface area contributed by atoms with Crippen LogP contribution < -0.4 is 10.6 Å². The third-order valence-electron chi connectivity index (χ3n) is 3.45. The number of nitrogens with zero attached hydrogens (tertiary/aromatic N) is 2. The van der Waals surface area contributed by atoms with Gasteiger partial charge >= 0.3 is 0 Å². The SMILES string of the molecule is CCCNc1nc(Nc2ccc(Cl)cc2)cc(-c2ccccc2)n1. The Labute approximate surface area is 146 Å². The van der Waals surface area contributed by atoms with E-state index in [1.165, 1.54) is 0 Å². The molecule has 1 aromatic heterocycles. The van der Waals surface area contributed by atoms with E-state index in [9.17, 15) is 0 Å². The molecule has 2 aromatic carbocycles. The molecule has 0 unspecified atom stereocenters. The minimum atomic E-state index is 0.620. The third kappa shape index (κ3) is 4.24. The Morgan fingerprint density at radius 3 is 2.42 bits per heavy atom. The topological polar surface area (TPSA) is 49.8 Å². The van der Waals surface area contributed by atoms with Crippen LogP contribution in [0.2, 0.25) is 5.02 Å². The second kappa shape index (κ2) is 7.79. The highest BCUT2D eigenvalue weighted by Gasteiger charge is 2.07. The minimum absolute atomic E-state index is 0.620. The molecule has 0 fully saturated rings. The number of nitrogens with one attached hydrogen (secondary N) is 2. The lowest BCUT2D eigenvalue weighted by Gasteiger charge is -2.11. The van der Waals surface area contributed by atoms with Crippen molar-refractivity contribution in [1.29, 1.82) is 0 Å². The quantitative estimate of drug-likeness (QED) is 0.635. The molecule has 3 rings (SSSR count). The van der Waals surface area contributed by atoms with Gasteiger partial charge in [-0.15, -0.1) is 0 Å². The van der Waals surface area contributed by atoms with Gasteiger partial charge in [-0.3, -0.25) is 0 Å². The van der Waals surface area contributed by atoms with Gasteiger partial charge in [-0.25, -0.2) is 4.98 Å². The van der Waals surface area contributed by atoms with Gasteiger partial charge in [-0.1, -0.05) is 48.9 Å². The first-order valence-corrected chi connectivity index (χ1v) is 8.33. The van der Waals surface area contributed by atoms with Crippen molar-refractivity contribution < 1.29 is 0 Å². The van der Waals surface area contributed by atoms with E-state index in [1.807, 2.05) is 60.7 Å². The number of hydrogen-bond acceptors (Lipinski definition) is 4. The molecule has 4 nitrogen and oxygen atoms in total. The van der Waals surface area contributed by atoms with E-state index in [0.29, 0.717) is 11.0 Å². The van der Waals surface area contributed by atoms with Crippen LogP contribution in [0.5, 0.6) is 0 Å². The maximum atomic E-state index is 5.94. The van der Waals surface area contributed by atoms with Crippen LogP contribution in [0.25, 0.3) is 11.3 Å². The van der Waals surface area contributed by atoms with E-state index in [4.69, 9.17) is 11.6 Å². The molecule has 0 amide bonds. The van der Waals surface area contributed by atoms with Crippen LogP contribution in [-0.4, -0.2) is 16.5 Å². The molecule has 0 saturated heterocycles. The van der Waals surface area contributed by atoms with E-state index in [2.05, 4.69) is 27.5 Å². The molecule has 122 valence electrons. The van der Waals surface area contributed by atoms with Gasteiger partial charge in [0.15, 0.2) is 0 Å². The summed E-state index contributed by atoms with van der Waals surface area (Å²) in [4.78, 5) is 9.16. The Kier molecular flexibility index (Phi) is 5.29. The number of anilines is 3. The first kappa shape index (κ1) is 16.3. The van der Waals surface area contributed by atoms with Crippen molar-refractivity contribution in [1.82, 2.24) is 9.97 Å². The Morgan fingerprint density at radius 2 is 1.71 bits per heavy atom. The zero-order valence-corrected chi connectivity index (χ0v) is 14.2. The van der Waals surface area contributed by atoms with Crippen LogP contribution in [-0.2, 0) is 0 Å². The Bertz CT molecular complexity index is 788. The van der Waals surface area contributed by atoms with Crippen LogP contribution in [0.15, 0.2) is 60.7 Å². The summed E-state index contributed by atoms with van der Waals surface area (Å²) in [6.45, 7) is 2.94. The second-order valence-electron chi connectivity index (χ2n) is 5.39. The van der Waals surface area contributed by atoms with Gasteiger partial charge in [0.2, 0.25) is 5.95 Å². The van der Waals surface area contributed by atoms with Gasteiger partial charge < -0.3 is 10.6 Å². The maximum Gasteiger partial charge on any atom is 0.225 e. The summed E-state index contributed by atoms with van der Waals surface area (Å²) in [6, 6.07) is 19.6. The van der Waals surface area contributed by atoms with Gasteiger partial charge in [0.25, 0.3) is 0 Å². The van der Waals surface area contributed by atoms with Crippen LogP contribution in [0.1, 0.15) is 13.3 Å². The lowest BCUT2D eigenvalue weighted by molar-refractivity contribution is 0.954. The first-order chi connectivity index (χ1) is 11.7. The second-order valence-corrected chi connectivity index (χ2v) is 5.82. The molecule has 0 radical (unpaired) electrons. The molecule has 0 aliphatic heterocycles. The number of hydrogen-bond donors (Lipinski definition) is 2. The first-order valence-electron chi connectivity index (χ1n) is 7.95. The third-order valence-corrected chi connectivity index (χ3v) is 3.70. The average Bonchev–Trinajstić information content (AvgIpc) is 2.62. The average molecular weight is 339 g/mol. The predicted molar refractivity (Wildman–Crippen MR) is 101 cm³/mol. The van der Waals surface area contributed by atoms with Gasteiger partial charge in [-0.05, 0) is 30.7 Å². The fraction of sp³-hybridized carbons (Fsp3) is 0.158. The zero-order chi connectivity index (χ0) is 16.8. The molecule has 0 atom stereocenters. The standard InChI is InChI=1S/C19H19ClN4/c1-2-12-21-19-23-17(14-6-4-3-5-7-14)13-18(24-19)22-16-10-8-15(20)9-11-16/h3-11,13H,2,12H2,1H3,(H2,21,22,23,24). The monoisotopic (exact) mass is 338 g/mol. The number of rotatable bonds is 6. The van der Waals surface area contributed by atoms with Crippen LogP contribution in [0.3, 0.4) is 0 Å². The van der Waals surface area contributed by atoms with Crippen molar-refractivity contribution in [2.45, 2.75) is 13.3 Å². The highest BCUT2D eigenvalue weighted by Crippen LogP contribution is 2.24. The molecule has 0 aliphatic rings. The van der Waals surface area contributed by atoms with Crippen LogP contribution in [0, 0.1) is 0 Å². The Balaban J connectivity index is 1.93. The molecular weight excluding hydrogens is 320 g/mol. The zero-order valence-electron chi connectivity index (χ0n) is 13.5. The van der Waals surface area contributed by atoms with Crippen molar-refractivity contribution in [3.05, 3.63) is 65.7 Å². The molecule has 5 heteroatoms. The molecule has 1 heterocycles. The van der Waals surface area contributed by atoms with Crippen LogP contribution >= 0.6 is 11.6 Å². The van der Waals surface area contributed by atoms with Gasteiger partial charge in [0, 0.05) is 28.9 Å². The molecule has 0 aliphatic carbocycles. The van der Waals surface area contributed by atoms with E-state index < -0.39 is 0 Å². The molecule has 2 N–H and O–H groups in total. The summed E-state index contributed by atoms with van der Waals surface area (Å²) < 4.78 is 0. The number of aromatic nitrogens is 2. The summed E-state index contributed by atoms with van der Waals surface area (Å²) in [5, 5.41) is 7.27. The van der Waals surface area contributed by atoms with Crippen molar-refractivity contribution in [3.63, 3.8) is 0 Å². The normalized spacial score (nSPS) is 10.4. The number of benzene rings is 2. The predicted octanol–water partition coefficient (Wildman–Crippen LogP) is 5.36. The molecule has 3 aromatic rings. The number of halogens is 1.